The van der Waals surface area contributed by atoms with Crippen LogP contribution in [0.3, 0.4) is 0 Å². The summed E-state index contributed by atoms with van der Waals surface area (Å²) in [6, 6.07) is 0.536. The van der Waals surface area contributed by atoms with Gasteiger partial charge in [0.2, 0.25) is 0 Å². The molecule has 2 nitrogen and oxygen atoms in total. The van der Waals surface area contributed by atoms with Gasteiger partial charge in [-0.3, -0.25) is 0 Å². The number of hydrogen-bond acceptors (Lipinski definition) is 2. The SMILES string of the molecule is CCCCN(CCCC)CCCC.NC1CCCCC1. The summed E-state index contributed by atoms with van der Waals surface area (Å²) in [6.45, 7) is 10.8. The minimum atomic E-state index is 0.536. The van der Waals surface area contributed by atoms with E-state index in [4.69, 9.17) is 5.73 Å². The van der Waals surface area contributed by atoms with Gasteiger partial charge in [0.1, 0.15) is 0 Å². The average Bonchev–Trinajstić information content (AvgIpc) is 2.48. The minimum absolute atomic E-state index is 0.536. The summed E-state index contributed by atoms with van der Waals surface area (Å²) in [6.07, 6.45) is 14.8. The molecule has 0 spiro atoms. The summed E-state index contributed by atoms with van der Waals surface area (Å²) in [5.41, 5.74) is 5.63. The third-order valence-electron chi connectivity index (χ3n) is 4.13. The fourth-order valence-electron chi connectivity index (χ4n) is 2.61. The Bertz CT molecular complexity index is 157. The van der Waals surface area contributed by atoms with Crippen molar-refractivity contribution in [1.29, 1.82) is 0 Å². The molecule has 0 aliphatic heterocycles. The van der Waals surface area contributed by atoms with Gasteiger partial charge in [0.05, 0.1) is 0 Å². The van der Waals surface area contributed by atoms with Crippen LogP contribution in [0.1, 0.15) is 91.4 Å². The van der Waals surface area contributed by atoms with Crippen molar-refractivity contribution in [3.05, 3.63) is 0 Å². The van der Waals surface area contributed by atoms with Gasteiger partial charge in [-0.15, -0.1) is 0 Å². The molecule has 0 aromatic rings. The Labute approximate surface area is 128 Å². The van der Waals surface area contributed by atoms with E-state index in [-0.39, 0.29) is 0 Å². The Hall–Kier alpha value is -0.0800. The lowest BCUT2D eigenvalue weighted by Gasteiger charge is -2.21. The van der Waals surface area contributed by atoms with E-state index in [1.807, 2.05) is 0 Å². The molecule has 1 fully saturated rings. The van der Waals surface area contributed by atoms with Crippen LogP contribution in [0.4, 0.5) is 0 Å². The number of nitrogens with two attached hydrogens (primary N) is 1. The van der Waals surface area contributed by atoms with Crippen molar-refractivity contribution in [1.82, 2.24) is 4.90 Å². The highest BCUT2D eigenvalue weighted by molar-refractivity contribution is 4.66. The summed E-state index contributed by atoms with van der Waals surface area (Å²) in [5, 5.41) is 0. The van der Waals surface area contributed by atoms with Gasteiger partial charge in [-0.25, -0.2) is 0 Å². The topological polar surface area (TPSA) is 29.3 Å². The van der Waals surface area contributed by atoms with Crippen molar-refractivity contribution < 1.29 is 0 Å². The lowest BCUT2D eigenvalue weighted by Crippen LogP contribution is -2.27. The third kappa shape index (κ3) is 12.9. The molecule has 0 atom stereocenters. The summed E-state index contributed by atoms with van der Waals surface area (Å²) >= 11 is 0. The minimum Gasteiger partial charge on any atom is -0.328 e. The number of rotatable bonds is 9. The molecule has 1 aliphatic carbocycles. The largest absolute Gasteiger partial charge is 0.328 e. The van der Waals surface area contributed by atoms with Crippen molar-refractivity contribution in [3.8, 4) is 0 Å². The molecular formula is C18H40N2. The molecule has 0 aromatic carbocycles. The molecule has 0 bridgehead atoms. The van der Waals surface area contributed by atoms with Crippen molar-refractivity contribution in [3.63, 3.8) is 0 Å². The lowest BCUT2D eigenvalue weighted by atomic mass is 9.97. The quantitative estimate of drug-likeness (QED) is 0.648. The van der Waals surface area contributed by atoms with Gasteiger partial charge in [-0.05, 0) is 51.7 Å². The monoisotopic (exact) mass is 284 g/mol. The van der Waals surface area contributed by atoms with Crippen LogP contribution < -0.4 is 5.73 Å². The fourth-order valence-corrected chi connectivity index (χ4v) is 2.61. The van der Waals surface area contributed by atoms with Crippen molar-refractivity contribution in [2.45, 2.75) is 97.4 Å². The highest BCUT2D eigenvalue weighted by atomic mass is 15.1. The second-order valence-corrected chi connectivity index (χ2v) is 6.30. The molecule has 0 aromatic heterocycles. The molecule has 0 radical (unpaired) electrons. The van der Waals surface area contributed by atoms with E-state index in [0.29, 0.717) is 6.04 Å². The van der Waals surface area contributed by atoms with Crippen LogP contribution in [0.25, 0.3) is 0 Å². The van der Waals surface area contributed by atoms with Gasteiger partial charge in [0, 0.05) is 6.04 Å². The first-order chi connectivity index (χ1) is 9.74. The lowest BCUT2D eigenvalue weighted by molar-refractivity contribution is 0.261. The van der Waals surface area contributed by atoms with E-state index in [0.717, 1.165) is 0 Å². The van der Waals surface area contributed by atoms with Crippen LogP contribution >= 0.6 is 0 Å². The molecule has 1 aliphatic rings. The first-order valence-electron chi connectivity index (χ1n) is 9.22. The highest BCUT2D eigenvalue weighted by Crippen LogP contribution is 2.14. The van der Waals surface area contributed by atoms with Crippen molar-refractivity contribution in [2.75, 3.05) is 19.6 Å². The van der Waals surface area contributed by atoms with E-state index < -0.39 is 0 Å². The van der Waals surface area contributed by atoms with E-state index in [9.17, 15) is 0 Å². The molecule has 2 N–H and O–H groups in total. The zero-order valence-electron chi connectivity index (χ0n) is 14.5. The highest BCUT2D eigenvalue weighted by Gasteiger charge is 2.06. The predicted octanol–water partition coefficient (Wildman–Crippen LogP) is 4.97. The Morgan fingerprint density at radius 3 is 1.40 bits per heavy atom. The zero-order chi connectivity index (χ0) is 15.1. The van der Waals surface area contributed by atoms with Crippen LogP contribution in [0.2, 0.25) is 0 Å². The smallest absolute Gasteiger partial charge is 0.00388 e. The molecular weight excluding hydrogens is 244 g/mol. The first kappa shape index (κ1) is 19.9. The fraction of sp³-hybridized carbons (Fsp3) is 1.00. The van der Waals surface area contributed by atoms with Gasteiger partial charge in [0.15, 0.2) is 0 Å². The molecule has 20 heavy (non-hydrogen) atoms. The van der Waals surface area contributed by atoms with E-state index in [1.165, 1.54) is 90.3 Å². The van der Waals surface area contributed by atoms with Crippen LogP contribution in [-0.2, 0) is 0 Å². The normalized spacial score (nSPS) is 16.1. The Morgan fingerprint density at radius 1 is 0.750 bits per heavy atom. The Balaban J connectivity index is 0.000000428. The van der Waals surface area contributed by atoms with Gasteiger partial charge >= 0.3 is 0 Å². The van der Waals surface area contributed by atoms with Gasteiger partial charge < -0.3 is 10.6 Å². The predicted molar refractivity (Wildman–Crippen MR) is 92.2 cm³/mol. The summed E-state index contributed by atoms with van der Waals surface area (Å²) in [5.74, 6) is 0. The van der Waals surface area contributed by atoms with Crippen LogP contribution in [0, 0.1) is 0 Å². The third-order valence-corrected chi connectivity index (χ3v) is 4.13. The molecule has 0 heterocycles. The second kappa shape index (κ2) is 15.3. The number of unbranched alkanes of at least 4 members (excludes halogenated alkanes) is 3. The zero-order valence-corrected chi connectivity index (χ0v) is 14.5. The molecule has 1 rings (SSSR count). The van der Waals surface area contributed by atoms with E-state index >= 15 is 0 Å². The van der Waals surface area contributed by atoms with E-state index in [1.54, 1.807) is 0 Å². The standard InChI is InChI=1S/C12H27N.C6H13N/c1-4-7-10-13(11-8-5-2)12-9-6-3;7-6-4-2-1-3-5-6/h4-12H2,1-3H3;6H,1-5,7H2. The molecule has 0 unspecified atom stereocenters. The van der Waals surface area contributed by atoms with Crippen LogP contribution in [0.5, 0.6) is 0 Å². The van der Waals surface area contributed by atoms with Gasteiger partial charge in [-0.2, -0.15) is 0 Å². The summed E-state index contributed by atoms with van der Waals surface area (Å²) < 4.78 is 0. The van der Waals surface area contributed by atoms with Crippen molar-refractivity contribution in [2.24, 2.45) is 5.73 Å². The van der Waals surface area contributed by atoms with Crippen LogP contribution in [0.15, 0.2) is 0 Å². The molecule has 2 heteroatoms. The van der Waals surface area contributed by atoms with Gasteiger partial charge in [0.25, 0.3) is 0 Å². The van der Waals surface area contributed by atoms with Crippen molar-refractivity contribution >= 4 is 0 Å². The molecule has 0 amide bonds. The maximum absolute atomic E-state index is 5.63. The second-order valence-electron chi connectivity index (χ2n) is 6.30. The molecule has 1 saturated carbocycles. The first-order valence-corrected chi connectivity index (χ1v) is 9.22. The molecule has 122 valence electrons. The maximum atomic E-state index is 5.63. The summed E-state index contributed by atoms with van der Waals surface area (Å²) in [7, 11) is 0. The average molecular weight is 285 g/mol. The van der Waals surface area contributed by atoms with Crippen LogP contribution in [-0.4, -0.2) is 30.6 Å². The summed E-state index contributed by atoms with van der Waals surface area (Å²) in [4.78, 5) is 2.64. The number of hydrogen-bond donors (Lipinski definition) is 1. The Morgan fingerprint density at radius 2 is 1.15 bits per heavy atom. The maximum Gasteiger partial charge on any atom is 0.00388 e. The Kier molecular flexibility index (Phi) is 15.3. The van der Waals surface area contributed by atoms with E-state index in [2.05, 4.69) is 25.7 Å². The number of nitrogens with zero attached hydrogens (tertiary/aromatic N) is 1. The molecule has 0 saturated heterocycles. The van der Waals surface area contributed by atoms with Gasteiger partial charge in [-0.1, -0.05) is 59.3 Å².